The molecular weight excluding hydrogens is 598 g/mol. The molecule has 5 amide bonds. The summed E-state index contributed by atoms with van der Waals surface area (Å²) in [6.45, 7) is 19.1. The first kappa shape index (κ1) is 40.5. The predicted molar refractivity (Wildman–Crippen MR) is 185 cm³/mol. The molecule has 1 saturated carbocycles. The third kappa shape index (κ3) is 11.5. The van der Waals surface area contributed by atoms with Gasteiger partial charge in [-0.1, -0.05) is 94.4 Å². The van der Waals surface area contributed by atoms with Gasteiger partial charge in [0.25, 0.3) is 5.91 Å². The lowest BCUT2D eigenvalue weighted by atomic mass is 9.70. The first-order valence-electron chi connectivity index (χ1n) is 18.0. The fraction of sp³-hybridized carbons (Fsp3) is 0.861. The van der Waals surface area contributed by atoms with Crippen LogP contribution < -0.4 is 21.3 Å². The number of hydrogen-bond donors (Lipinski definition) is 4. The Morgan fingerprint density at radius 1 is 0.957 bits per heavy atom. The van der Waals surface area contributed by atoms with Crippen LogP contribution in [0.3, 0.4) is 0 Å². The number of rotatable bonds is 16. The van der Waals surface area contributed by atoms with Crippen molar-refractivity contribution in [3.8, 4) is 0 Å². The zero-order chi connectivity index (χ0) is 35.5. The summed E-state index contributed by atoms with van der Waals surface area (Å²) in [6.07, 6.45) is 6.96. The highest BCUT2D eigenvalue weighted by atomic mass is 16.5. The van der Waals surface area contributed by atoms with Crippen LogP contribution in [0.2, 0.25) is 0 Å². The van der Waals surface area contributed by atoms with Gasteiger partial charge in [-0.25, -0.2) is 4.79 Å². The summed E-state index contributed by atoms with van der Waals surface area (Å²) in [7, 11) is 1.59. The van der Waals surface area contributed by atoms with Gasteiger partial charge in [0.1, 0.15) is 12.1 Å². The molecule has 3 unspecified atom stereocenters. The van der Waals surface area contributed by atoms with Crippen LogP contribution in [0.15, 0.2) is 0 Å². The summed E-state index contributed by atoms with van der Waals surface area (Å²) < 4.78 is 5.38. The molecule has 1 saturated heterocycles. The van der Waals surface area contributed by atoms with Crippen molar-refractivity contribution >= 4 is 29.5 Å². The van der Waals surface area contributed by atoms with Crippen LogP contribution in [0.1, 0.15) is 120 Å². The van der Waals surface area contributed by atoms with Gasteiger partial charge in [0, 0.05) is 20.2 Å². The summed E-state index contributed by atoms with van der Waals surface area (Å²) >= 11 is 0. The minimum absolute atomic E-state index is 0.0873. The molecule has 0 spiro atoms. The molecule has 0 aromatic heterocycles. The Kier molecular flexibility index (Phi) is 15.7. The number of hydrogen-bond acceptors (Lipinski definition) is 6. The predicted octanol–water partition coefficient (Wildman–Crippen LogP) is 4.58. The Bertz CT molecular complexity index is 1060. The summed E-state index contributed by atoms with van der Waals surface area (Å²) in [4.78, 5) is 70.0. The second-order valence-corrected chi connectivity index (χ2v) is 16.0. The maximum atomic E-state index is 14.7. The molecule has 47 heavy (non-hydrogen) atoms. The van der Waals surface area contributed by atoms with Crippen molar-refractivity contribution < 1.29 is 28.7 Å². The highest BCUT2D eigenvalue weighted by molar-refractivity contribution is 6.38. The van der Waals surface area contributed by atoms with Gasteiger partial charge in [-0.3, -0.25) is 19.2 Å². The van der Waals surface area contributed by atoms with Gasteiger partial charge in [0.2, 0.25) is 17.6 Å². The van der Waals surface area contributed by atoms with E-state index in [0.29, 0.717) is 39.0 Å². The number of carbonyl (C=O) groups excluding carboxylic acids is 5. The minimum atomic E-state index is -0.981. The molecule has 2 fully saturated rings. The normalized spacial score (nSPS) is 21.6. The molecule has 0 radical (unpaired) electrons. The Labute approximate surface area is 283 Å². The molecule has 0 aromatic rings. The van der Waals surface area contributed by atoms with Crippen LogP contribution in [0, 0.1) is 28.6 Å². The zero-order valence-corrected chi connectivity index (χ0v) is 30.9. The monoisotopic (exact) mass is 663 g/mol. The third-order valence-corrected chi connectivity index (χ3v) is 10.1. The average Bonchev–Trinajstić information content (AvgIpc) is 3.45. The second-order valence-electron chi connectivity index (χ2n) is 16.0. The lowest BCUT2D eigenvalue weighted by molar-refractivity contribution is -0.145. The topological polar surface area (TPSA) is 146 Å². The molecule has 11 nitrogen and oxygen atoms in total. The number of unbranched alkanes of at least 4 members (excludes halogenated alkanes) is 1. The van der Waals surface area contributed by atoms with Gasteiger partial charge in [0.15, 0.2) is 0 Å². The number of Topliss-reactive ketones (excluding diaryl/α,β-unsaturated/α-hetero) is 1. The number of ether oxygens (including phenoxy) is 1. The van der Waals surface area contributed by atoms with Crippen LogP contribution >= 0.6 is 0 Å². The van der Waals surface area contributed by atoms with E-state index in [2.05, 4.69) is 28.2 Å². The van der Waals surface area contributed by atoms with Crippen molar-refractivity contribution in [3.05, 3.63) is 0 Å². The van der Waals surface area contributed by atoms with Gasteiger partial charge in [0.05, 0.1) is 18.7 Å². The van der Waals surface area contributed by atoms with E-state index in [9.17, 15) is 24.0 Å². The van der Waals surface area contributed by atoms with Gasteiger partial charge in [-0.05, 0) is 54.3 Å². The number of ketones is 1. The first-order valence-corrected chi connectivity index (χ1v) is 18.0. The standard InChI is InChI=1S/C36H65N5O6/c1-11-12-16-26(29(42)32(44)37-21-23(2)3)38-31(43)28-25(24(4)5)17-20-41(28)33(45)30(36(9)18-14-13-15-19-36)40-34(46)39-27(22-47-10)35(6,7)8/h23-28,30H,11-22H2,1-10H3,(H,37,44)(H,38,43)(H2,39,40,46)/t25-,26?,27?,28+,30?/m1/s1. The molecule has 1 aliphatic heterocycles. The molecule has 270 valence electrons. The van der Waals surface area contributed by atoms with Crippen molar-refractivity contribution in [1.82, 2.24) is 26.2 Å². The molecule has 0 bridgehead atoms. The first-order chi connectivity index (χ1) is 22.0. The zero-order valence-electron chi connectivity index (χ0n) is 30.9. The molecule has 5 atom stereocenters. The molecular formula is C36H65N5O6. The number of nitrogens with one attached hydrogen (secondary N) is 4. The van der Waals surface area contributed by atoms with Gasteiger partial charge in [-0.15, -0.1) is 0 Å². The molecule has 11 heteroatoms. The van der Waals surface area contributed by atoms with Gasteiger partial charge in [-0.2, -0.15) is 0 Å². The van der Waals surface area contributed by atoms with E-state index in [1.807, 2.05) is 55.4 Å². The van der Waals surface area contributed by atoms with Crippen molar-refractivity contribution in [1.29, 1.82) is 0 Å². The lowest BCUT2D eigenvalue weighted by Gasteiger charge is -2.43. The summed E-state index contributed by atoms with van der Waals surface area (Å²) in [5.74, 6) is -1.96. The van der Waals surface area contributed by atoms with Crippen LogP contribution in [0.5, 0.6) is 0 Å². The van der Waals surface area contributed by atoms with E-state index in [-0.39, 0.29) is 35.1 Å². The Morgan fingerprint density at radius 3 is 2.13 bits per heavy atom. The van der Waals surface area contributed by atoms with E-state index in [1.54, 1.807) is 12.0 Å². The van der Waals surface area contributed by atoms with Crippen molar-refractivity contribution in [2.75, 3.05) is 26.8 Å². The molecule has 1 aliphatic carbocycles. The molecule has 4 N–H and O–H groups in total. The summed E-state index contributed by atoms with van der Waals surface area (Å²) in [5, 5.41) is 11.7. The maximum absolute atomic E-state index is 14.7. The van der Waals surface area contributed by atoms with E-state index >= 15 is 0 Å². The van der Waals surface area contributed by atoms with Gasteiger partial charge >= 0.3 is 6.03 Å². The number of nitrogens with zero attached hydrogens (tertiary/aromatic N) is 1. The molecule has 0 aromatic carbocycles. The summed E-state index contributed by atoms with van der Waals surface area (Å²) in [6, 6.07) is -3.37. The fourth-order valence-electron chi connectivity index (χ4n) is 6.93. The Balaban J connectivity index is 2.41. The van der Waals surface area contributed by atoms with Crippen molar-refractivity contribution in [2.24, 2.45) is 28.6 Å². The van der Waals surface area contributed by atoms with E-state index in [1.165, 1.54) is 0 Å². The molecule has 2 rings (SSSR count). The van der Waals surface area contributed by atoms with Crippen molar-refractivity contribution in [2.45, 2.75) is 144 Å². The quantitative estimate of drug-likeness (QED) is 0.178. The largest absolute Gasteiger partial charge is 0.383 e. The second kappa shape index (κ2) is 18.2. The fourth-order valence-corrected chi connectivity index (χ4v) is 6.93. The number of carbonyl (C=O) groups is 5. The Morgan fingerprint density at radius 2 is 1.60 bits per heavy atom. The number of methoxy groups -OCH3 is 1. The van der Waals surface area contributed by atoms with Crippen LogP contribution in [-0.2, 0) is 23.9 Å². The highest BCUT2D eigenvalue weighted by Gasteiger charge is 2.50. The SMILES string of the molecule is CCCCC(NC(=O)[C@@H]1[C@@H](C(C)C)CCN1C(=O)C(NC(=O)NC(COC)C(C)(C)C)C1(C)CCCCC1)C(=O)C(=O)NCC(C)C. The number of amides is 5. The lowest BCUT2D eigenvalue weighted by Crippen LogP contribution is -2.63. The van der Waals surface area contributed by atoms with Gasteiger partial charge < -0.3 is 30.9 Å². The van der Waals surface area contributed by atoms with E-state index < -0.39 is 47.2 Å². The molecule has 1 heterocycles. The van der Waals surface area contributed by atoms with E-state index in [0.717, 1.165) is 38.5 Å². The Hall–Kier alpha value is -2.69. The van der Waals surface area contributed by atoms with Crippen molar-refractivity contribution in [3.63, 3.8) is 0 Å². The van der Waals surface area contributed by atoms with E-state index in [4.69, 9.17) is 4.74 Å². The maximum Gasteiger partial charge on any atom is 0.315 e. The van der Waals surface area contributed by atoms with Crippen LogP contribution in [0.25, 0.3) is 0 Å². The van der Waals surface area contributed by atoms with Crippen LogP contribution in [0.4, 0.5) is 4.79 Å². The van der Waals surface area contributed by atoms with Crippen LogP contribution in [-0.4, -0.2) is 85.4 Å². The minimum Gasteiger partial charge on any atom is -0.383 e. The third-order valence-electron chi connectivity index (χ3n) is 10.1. The smallest absolute Gasteiger partial charge is 0.315 e. The molecule has 2 aliphatic rings. The number of urea groups is 1. The highest BCUT2D eigenvalue weighted by Crippen LogP contribution is 2.41. The number of likely N-dealkylation sites (tertiary alicyclic amines) is 1. The summed E-state index contributed by atoms with van der Waals surface area (Å²) in [5.41, 5.74) is -0.766. The average molecular weight is 664 g/mol.